The molecule has 22 heavy (non-hydrogen) atoms. The van der Waals surface area contributed by atoms with Gasteiger partial charge in [-0.05, 0) is 24.6 Å². The Hall–Kier alpha value is -2.27. The van der Waals surface area contributed by atoms with Crippen LogP contribution in [0.3, 0.4) is 0 Å². The first-order chi connectivity index (χ1) is 10.5. The number of hydrogen-bond acceptors (Lipinski definition) is 4. The molecule has 0 aliphatic carbocycles. The summed E-state index contributed by atoms with van der Waals surface area (Å²) in [5.74, 6) is -0.0760. The van der Waals surface area contributed by atoms with Crippen LogP contribution < -0.4 is 0 Å². The van der Waals surface area contributed by atoms with Crippen molar-refractivity contribution in [2.45, 2.75) is 18.4 Å². The minimum absolute atomic E-state index is 0.0157. The Morgan fingerprint density at radius 2 is 1.41 bits per heavy atom. The van der Waals surface area contributed by atoms with Gasteiger partial charge in [0.2, 0.25) is 0 Å². The van der Waals surface area contributed by atoms with Gasteiger partial charge in [0.05, 0.1) is 33.9 Å². The van der Waals surface area contributed by atoms with E-state index in [1.165, 1.54) is 0 Å². The van der Waals surface area contributed by atoms with E-state index in [0.29, 0.717) is 11.4 Å². The fourth-order valence-corrected chi connectivity index (χ4v) is 3.84. The first-order valence-electron chi connectivity index (χ1n) is 7.00. The van der Waals surface area contributed by atoms with Gasteiger partial charge in [0.15, 0.2) is 9.84 Å². The van der Waals surface area contributed by atoms with E-state index in [0.717, 1.165) is 16.6 Å². The second kappa shape index (κ2) is 5.85. The van der Waals surface area contributed by atoms with Crippen LogP contribution in [0.25, 0.3) is 11.0 Å². The molecule has 0 bridgehead atoms. The maximum atomic E-state index is 12.4. The number of aryl methyl sites for hydroxylation is 1. The van der Waals surface area contributed by atoms with Crippen LogP contribution in [0.15, 0.2) is 54.6 Å². The summed E-state index contributed by atoms with van der Waals surface area (Å²) in [5, 5.41) is 0. The van der Waals surface area contributed by atoms with Crippen molar-refractivity contribution in [1.29, 1.82) is 0 Å². The molecule has 0 saturated heterocycles. The first kappa shape index (κ1) is 14.7. The Kier molecular flexibility index (Phi) is 3.90. The molecule has 0 fully saturated rings. The van der Waals surface area contributed by atoms with Gasteiger partial charge in [-0.15, -0.1) is 0 Å². The largest absolute Gasteiger partial charge is 0.250 e. The molecular weight excluding hydrogens is 296 g/mol. The molecule has 2 aromatic carbocycles. The maximum Gasteiger partial charge on any atom is 0.160 e. The van der Waals surface area contributed by atoms with Gasteiger partial charge in [-0.1, -0.05) is 42.5 Å². The van der Waals surface area contributed by atoms with Crippen LogP contribution in [-0.2, 0) is 21.3 Å². The molecule has 0 aliphatic rings. The van der Waals surface area contributed by atoms with Crippen LogP contribution in [0.1, 0.15) is 17.0 Å². The lowest BCUT2D eigenvalue weighted by molar-refractivity contribution is 0.593. The standard InChI is InChI=1S/C17H16N2O2S/c1-13-17(19-16-10-6-5-9-15(16)18-13)12-22(20,21)11-14-7-3-2-4-8-14/h2-10H,11-12H2,1H3. The van der Waals surface area contributed by atoms with Crippen molar-refractivity contribution in [3.63, 3.8) is 0 Å². The highest BCUT2D eigenvalue weighted by atomic mass is 32.2. The summed E-state index contributed by atoms with van der Waals surface area (Å²) >= 11 is 0. The summed E-state index contributed by atoms with van der Waals surface area (Å²) in [5.41, 5.74) is 3.47. The van der Waals surface area contributed by atoms with Gasteiger partial charge in [-0.25, -0.2) is 18.4 Å². The van der Waals surface area contributed by atoms with Crippen LogP contribution in [0.4, 0.5) is 0 Å². The molecule has 0 atom stereocenters. The summed E-state index contributed by atoms with van der Waals surface area (Å²) in [6.07, 6.45) is 0. The van der Waals surface area contributed by atoms with E-state index in [-0.39, 0.29) is 11.5 Å². The van der Waals surface area contributed by atoms with Gasteiger partial charge in [0.1, 0.15) is 0 Å². The third-order valence-electron chi connectivity index (χ3n) is 3.43. The zero-order chi connectivity index (χ0) is 15.6. The molecule has 0 unspecified atom stereocenters. The van der Waals surface area contributed by atoms with Crippen LogP contribution in [-0.4, -0.2) is 18.4 Å². The highest BCUT2D eigenvalue weighted by Gasteiger charge is 2.16. The number of hydrogen-bond donors (Lipinski definition) is 0. The molecule has 3 aromatic rings. The van der Waals surface area contributed by atoms with Gasteiger partial charge in [-0.2, -0.15) is 0 Å². The second-order valence-corrected chi connectivity index (χ2v) is 7.33. The van der Waals surface area contributed by atoms with Gasteiger partial charge < -0.3 is 0 Å². The fraction of sp³-hybridized carbons (Fsp3) is 0.176. The predicted molar refractivity (Wildman–Crippen MR) is 87.0 cm³/mol. The quantitative estimate of drug-likeness (QED) is 0.743. The molecule has 1 aromatic heterocycles. The van der Waals surface area contributed by atoms with Crippen LogP contribution in [0.2, 0.25) is 0 Å². The Morgan fingerprint density at radius 3 is 2.09 bits per heavy atom. The number of benzene rings is 2. The van der Waals surface area contributed by atoms with Crippen molar-refractivity contribution in [3.05, 3.63) is 71.5 Å². The molecule has 0 radical (unpaired) electrons. The molecule has 112 valence electrons. The lowest BCUT2D eigenvalue weighted by atomic mass is 10.2. The van der Waals surface area contributed by atoms with Crippen molar-refractivity contribution >= 4 is 20.9 Å². The minimum atomic E-state index is -3.28. The van der Waals surface area contributed by atoms with Crippen LogP contribution >= 0.6 is 0 Å². The summed E-state index contributed by atoms with van der Waals surface area (Å²) in [4.78, 5) is 8.90. The van der Waals surface area contributed by atoms with Crippen molar-refractivity contribution in [1.82, 2.24) is 9.97 Å². The molecule has 0 N–H and O–H groups in total. The monoisotopic (exact) mass is 312 g/mol. The lowest BCUT2D eigenvalue weighted by Gasteiger charge is -2.08. The Balaban J connectivity index is 1.90. The van der Waals surface area contributed by atoms with Crippen molar-refractivity contribution in [2.75, 3.05) is 0 Å². The van der Waals surface area contributed by atoms with E-state index >= 15 is 0 Å². The molecule has 0 amide bonds. The van der Waals surface area contributed by atoms with Gasteiger partial charge >= 0.3 is 0 Å². The van der Waals surface area contributed by atoms with Crippen molar-refractivity contribution < 1.29 is 8.42 Å². The zero-order valence-corrected chi connectivity index (χ0v) is 13.0. The summed E-state index contributed by atoms with van der Waals surface area (Å²) in [6, 6.07) is 16.7. The van der Waals surface area contributed by atoms with E-state index < -0.39 is 9.84 Å². The van der Waals surface area contributed by atoms with Crippen molar-refractivity contribution in [2.24, 2.45) is 0 Å². The second-order valence-electron chi connectivity index (χ2n) is 5.26. The predicted octanol–water partition coefficient (Wildman–Crippen LogP) is 3.05. The van der Waals surface area contributed by atoms with Crippen LogP contribution in [0, 0.1) is 6.92 Å². The van der Waals surface area contributed by atoms with Crippen molar-refractivity contribution in [3.8, 4) is 0 Å². The van der Waals surface area contributed by atoms with E-state index in [1.54, 1.807) is 6.92 Å². The number of nitrogens with zero attached hydrogens (tertiary/aromatic N) is 2. The number of fused-ring (bicyclic) bond motifs is 1. The normalized spacial score (nSPS) is 11.7. The molecule has 4 nitrogen and oxygen atoms in total. The van der Waals surface area contributed by atoms with E-state index in [1.807, 2.05) is 54.6 Å². The Morgan fingerprint density at radius 1 is 0.818 bits per heavy atom. The van der Waals surface area contributed by atoms with E-state index in [2.05, 4.69) is 9.97 Å². The third-order valence-corrected chi connectivity index (χ3v) is 4.92. The Bertz CT molecular complexity index is 906. The molecule has 0 saturated carbocycles. The molecule has 5 heteroatoms. The molecule has 0 spiro atoms. The van der Waals surface area contributed by atoms with Gasteiger partial charge in [-0.3, -0.25) is 0 Å². The maximum absolute atomic E-state index is 12.4. The Labute approximate surface area is 129 Å². The number of sulfone groups is 1. The highest BCUT2D eigenvalue weighted by molar-refractivity contribution is 7.89. The number of aromatic nitrogens is 2. The average Bonchev–Trinajstić information content (AvgIpc) is 2.48. The molecule has 0 aliphatic heterocycles. The first-order valence-corrected chi connectivity index (χ1v) is 8.82. The summed E-state index contributed by atoms with van der Waals surface area (Å²) in [6.45, 7) is 1.80. The van der Waals surface area contributed by atoms with E-state index in [9.17, 15) is 8.42 Å². The topological polar surface area (TPSA) is 59.9 Å². The lowest BCUT2D eigenvalue weighted by Crippen LogP contribution is -2.11. The van der Waals surface area contributed by atoms with Gasteiger partial charge in [0, 0.05) is 0 Å². The van der Waals surface area contributed by atoms with Crippen LogP contribution in [0.5, 0.6) is 0 Å². The average molecular weight is 312 g/mol. The SMILES string of the molecule is Cc1nc2ccccc2nc1CS(=O)(=O)Cc1ccccc1. The summed E-state index contributed by atoms with van der Waals surface area (Å²) in [7, 11) is -3.28. The van der Waals surface area contributed by atoms with E-state index in [4.69, 9.17) is 0 Å². The molecule has 1 heterocycles. The summed E-state index contributed by atoms with van der Waals surface area (Å²) < 4.78 is 24.8. The molecular formula is C17H16N2O2S. The fourth-order valence-electron chi connectivity index (χ4n) is 2.35. The smallest absolute Gasteiger partial charge is 0.160 e. The zero-order valence-electron chi connectivity index (χ0n) is 12.2. The third kappa shape index (κ3) is 3.31. The van der Waals surface area contributed by atoms with Gasteiger partial charge in [0.25, 0.3) is 0 Å². The number of para-hydroxylation sites is 2. The molecule has 3 rings (SSSR count). The highest BCUT2D eigenvalue weighted by Crippen LogP contribution is 2.16. The minimum Gasteiger partial charge on any atom is -0.250 e. The number of rotatable bonds is 4.